The Kier molecular flexibility index (Phi) is 4.93. The van der Waals surface area contributed by atoms with E-state index >= 15 is 0 Å². The minimum atomic E-state index is 0.132. The first-order chi connectivity index (χ1) is 7.54. The van der Waals surface area contributed by atoms with E-state index in [2.05, 4.69) is 4.90 Å². The van der Waals surface area contributed by atoms with Gasteiger partial charge in [-0.3, -0.25) is 14.5 Å². The quantitative estimate of drug-likeness (QED) is 0.711. The van der Waals surface area contributed by atoms with Crippen LogP contribution in [-0.2, 0) is 9.59 Å². The van der Waals surface area contributed by atoms with Gasteiger partial charge < -0.3 is 4.90 Å². The van der Waals surface area contributed by atoms with Crippen LogP contribution in [-0.4, -0.2) is 54.2 Å². The van der Waals surface area contributed by atoms with Crippen LogP contribution in [0.5, 0.6) is 0 Å². The van der Waals surface area contributed by atoms with Crippen molar-refractivity contribution in [2.24, 2.45) is 5.92 Å². The predicted molar refractivity (Wildman–Crippen MR) is 63.2 cm³/mol. The summed E-state index contributed by atoms with van der Waals surface area (Å²) in [5.74, 6) is 0.609. The molecule has 1 atom stereocenters. The molecule has 16 heavy (non-hydrogen) atoms. The second-order valence-corrected chi connectivity index (χ2v) is 4.56. The lowest BCUT2D eigenvalue weighted by atomic mass is 10.0. The zero-order chi connectivity index (χ0) is 12.1. The lowest BCUT2D eigenvalue weighted by Gasteiger charge is -2.34. The molecule has 1 amide bonds. The number of rotatable bonds is 4. The molecule has 0 N–H and O–H groups in total. The molecule has 92 valence electrons. The van der Waals surface area contributed by atoms with Gasteiger partial charge in [-0.25, -0.2) is 0 Å². The van der Waals surface area contributed by atoms with Gasteiger partial charge >= 0.3 is 0 Å². The molecule has 0 aromatic carbocycles. The molecule has 4 heteroatoms. The highest BCUT2D eigenvalue weighted by atomic mass is 16.2. The van der Waals surface area contributed by atoms with Crippen molar-refractivity contribution in [3.63, 3.8) is 0 Å². The van der Waals surface area contributed by atoms with E-state index in [4.69, 9.17) is 0 Å². The number of ketones is 1. The summed E-state index contributed by atoms with van der Waals surface area (Å²) in [6.07, 6.45) is 0.909. The van der Waals surface area contributed by atoms with Crippen molar-refractivity contribution in [1.82, 2.24) is 9.80 Å². The number of carbonyl (C=O) groups excluding carboxylic acids is 2. The molecule has 1 aliphatic heterocycles. The Hall–Kier alpha value is -0.900. The van der Waals surface area contributed by atoms with Gasteiger partial charge in [0.2, 0.25) is 5.91 Å². The van der Waals surface area contributed by atoms with E-state index in [1.54, 1.807) is 6.92 Å². The first kappa shape index (κ1) is 13.2. The molecule has 1 heterocycles. The Morgan fingerprint density at radius 2 is 1.75 bits per heavy atom. The van der Waals surface area contributed by atoms with Gasteiger partial charge in [-0.05, 0) is 6.42 Å². The Bertz CT molecular complexity index is 258. The van der Waals surface area contributed by atoms with Crippen LogP contribution in [0, 0.1) is 5.92 Å². The molecular weight excluding hydrogens is 204 g/mol. The fourth-order valence-corrected chi connectivity index (χ4v) is 1.82. The second-order valence-electron chi connectivity index (χ2n) is 4.56. The molecule has 0 saturated carbocycles. The summed E-state index contributed by atoms with van der Waals surface area (Å²) in [6.45, 7) is 9.31. The summed E-state index contributed by atoms with van der Waals surface area (Å²) in [5, 5.41) is 0. The zero-order valence-electron chi connectivity index (χ0n) is 10.5. The van der Waals surface area contributed by atoms with Gasteiger partial charge in [0.05, 0.1) is 6.54 Å². The van der Waals surface area contributed by atoms with Crippen molar-refractivity contribution in [3.05, 3.63) is 0 Å². The third-order valence-corrected chi connectivity index (χ3v) is 3.36. The smallest absolute Gasteiger partial charge is 0.219 e. The third kappa shape index (κ3) is 3.59. The van der Waals surface area contributed by atoms with E-state index in [0.29, 0.717) is 12.3 Å². The Morgan fingerprint density at radius 1 is 1.19 bits per heavy atom. The SMILES string of the molecule is CCC(C)C(=O)CN1CCN(C(C)=O)CC1. The molecule has 4 nitrogen and oxygen atoms in total. The maximum absolute atomic E-state index is 11.7. The monoisotopic (exact) mass is 226 g/mol. The minimum absolute atomic E-state index is 0.132. The van der Waals surface area contributed by atoms with E-state index < -0.39 is 0 Å². The highest BCUT2D eigenvalue weighted by molar-refractivity contribution is 5.82. The number of carbonyl (C=O) groups is 2. The molecular formula is C12H22N2O2. The summed E-state index contributed by atoms with van der Waals surface area (Å²) in [5.41, 5.74) is 0. The molecule has 0 aromatic rings. The van der Waals surface area contributed by atoms with Crippen molar-refractivity contribution >= 4 is 11.7 Å². The fraction of sp³-hybridized carbons (Fsp3) is 0.833. The standard InChI is InChI=1S/C12H22N2O2/c1-4-10(2)12(16)9-13-5-7-14(8-6-13)11(3)15/h10H,4-9H2,1-3H3. The van der Waals surface area contributed by atoms with Gasteiger partial charge in [-0.2, -0.15) is 0 Å². The molecule has 1 aliphatic rings. The average Bonchev–Trinajstić information content (AvgIpc) is 2.28. The highest BCUT2D eigenvalue weighted by Crippen LogP contribution is 2.07. The number of nitrogens with zero attached hydrogens (tertiary/aromatic N) is 2. The van der Waals surface area contributed by atoms with Crippen LogP contribution >= 0.6 is 0 Å². The van der Waals surface area contributed by atoms with Gasteiger partial charge in [-0.1, -0.05) is 13.8 Å². The molecule has 1 unspecified atom stereocenters. The Labute approximate surface area is 97.6 Å². The molecule has 0 spiro atoms. The maximum Gasteiger partial charge on any atom is 0.219 e. The summed E-state index contributed by atoms with van der Waals surface area (Å²) in [7, 11) is 0. The molecule has 0 bridgehead atoms. The topological polar surface area (TPSA) is 40.6 Å². The summed E-state index contributed by atoms with van der Waals surface area (Å²) >= 11 is 0. The van der Waals surface area contributed by atoms with Crippen LogP contribution < -0.4 is 0 Å². The van der Waals surface area contributed by atoms with Crippen LogP contribution in [0.3, 0.4) is 0 Å². The van der Waals surface area contributed by atoms with E-state index in [-0.39, 0.29) is 11.8 Å². The van der Waals surface area contributed by atoms with E-state index in [1.807, 2.05) is 18.7 Å². The maximum atomic E-state index is 11.7. The normalized spacial score (nSPS) is 19.6. The van der Waals surface area contributed by atoms with Gasteiger partial charge in [-0.15, -0.1) is 0 Å². The highest BCUT2D eigenvalue weighted by Gasteiger charge is 2.21. The molecule has 0 aromatic heterocycles. The molecule has 1 fully saturated rings. The van der Waals surface area contributed by atoms with Crippen LogP contribution in [0.2, 0.25) is 0 Å². The number of amides is 1. The Morgan fingerprint density at radius 3 is 2.19 bits per heavy atom. The summed E-state index contributed by atoms with van der Waals surface area (Å²) < 4.78 is 0. The van der Waals surface area contributed by atoms with Gasteiger partial charge in [0, 0.05) is 39.0 Å². The van der Waals surface area contributed by atoms with Crippen LogP contribution in [0.15, 0.2) is 0 Å². The lowest BCUT2D eigenvalue weighted by Crippen LogP contribution is -2.49. The van der Waals surface area contributed by atoms with Gasteiger partial charge in [0.1, 0.15) is 5.78 Å². The van der Waals surface area contributed by atoms with Crippen molar-refractivity contribution < 1.29 is 9.59 Å². The van der Waals surface area contributed by atoms with Gasteiger partial charge in [0.25, 0.3) is 0 Å². The predicted octanol–water partition coefficient (Wildman–Crippen LogP) is 0.766. The molecule has 0 aliphatic carbocycles. The molecule has 1 rings (SSSR count). The van der Waals surface area contributed by atoms with E-state index in [0.717, 1.165) is 32.6 Å². The van der Waals surface area contributed by atoms with Crippen molar-refractivity contribution in [1.29, 1.82) is 0 Å². The lowest BCUT2D eigenvalue weighted by molar-refractivity contribution is -0.131. The second kappa shape index (κ2) is 5.99. The Balaban J connectivity index is 2.32. The average molecular weight is 226 g/mol. The number of hydrogen-bond donors (Lipinski definition) is 0. The summed E-state index contributed by atoms with van der Waals surface area (Å²) in [6, 6.07) is 0. The van der Waals surface area contributed by atoms with E-state index in [9.17, 15) is 9.59 Å². The van der Waals surface area contributed by atoms with Crippen LogP contribution in [0.25, 0.3) is 0 Å². The van der Waals surface area contributed by atoms with Crippen LogP contribution in [0.4, 0.5) is 0 Å². The molecule has 1 saturated heterocycles. The first-order valence-electron chi connectivity index (χ1n) is 6.05. The minimum Gasteiger partial charge on any atom is -0.340 e. The zero-order valence-corrected chi connectivity index (χ0v) is 10.5. The first-order valence-corrected chi connectivity index (χ1v) is 6.05. The summed E-state index contributed by atoms with van der Waals surface area (Å²) in [4.78, 5) is 26.8. The van der Waals surface area contributed by atoms with Crippen molar-refractivity contribution in [2.75, 3.05) is 32.7 Å². The molecule has 0 radical (unpaired) electrons. The van der Waals surface area contributed by atoms with Gasteiger partial charge in [0.15, 0.2) is 0 Å². The van der Waals surface area contributed by atoms with Crippen LogP contribution in [0.1, 0.15) is 27.2 Å². The van der Waals surface area contributed by atoms with Crippen molar-refractivity contribution in [3.8, 4) is 0 Å². The number of Topliss-reactive ketones (excluding diaryl/α,β-unsaturated/α-hetero) is 1. The van der Waals surface area contributed by atoms with Crippen molar-refractivity contribution in [2.45, 2.75) is 27.2 Å². The van der Waals surface area contributed by atoms with E-state index in [1.165, 1.54) is 0 Å². The largest absolute Gasteiger partial charge is 0.340 e. The number of piperazine rings is 1. The third-order valence-electron chi connectivity index (χ3n) is 3.36. The number of hydrogen-bond acceptors (Lipinski definition) is 3. The fourth-order valence-electron chi connectivity index (χ4n) is 1.82.